The molecule has 2 N–H and O–H groups in total. The number of aromatic nitrogens is 2. The van der Waals surface area contributed by atoms with E-state index in [1.165, 1.54) is 6.07 Å². The summed E-state index contributed by atoms with van der Waals surface area (Å²) >= 11 is 0. The first kappa shape index (κ1) is 11.1. The van der Waals surface area contributed by atoms with Gasteiger partial charge >= 0.3 is 0 Å². The van der Waals surface area contributed by atoms with Crippen LogP contribution >= 0.6 is 0 Å². The number of halogens is 1. The molecule has 2 rings (SSSR count). The summed E-state index contributed by atoms with van der Waals surface area (Å²) in [7, 11) is 0. The maximum absolute atomic E-state index is 13.6. The van der Waals surface area contributed by atoms with Crippen LogP contribution in [0.15, 0.2) is 18.2 Å². The molecule has 16 heavy (non-hydrogen) atoms. The number of hydrogen-bond donors (Lipinski definition) is 1. The summed E-state index contributed by atoms with van der Waals surface area (Å²) < 4.78 is 15.6. The Balaban J connectivity index is 2.81. The molecule has 86 valence electrons. The molecule has 0 saturated carbocycles. The van der Waals surface area contributed by atoms with Gasteiger partial charge in [-0.15, -0.1) is 0 Å². The summed E-state index contributed by atoms with van der Waals surface area (Å²) in [5.74, 6) is 0.439. The van der Waals surface area contributed by atoms with Crippen LogP contribution in [0.5, 0.6) is 0 Å². The molecule has 2 aromatic rings. The van der Waals surface area contributed by atoms with E-state index in [0.717, 1.165) is 11.3 Å². The highest BCUT2D eigenvalue weighted by molar-refractivity contribution is 5.77. The molecule has 0 saturated heterocycles. The van der Waals surface area contributed by atoms with Crippen molar-refractivity contribution >= 4 is 11.0 Å². The Bertz CT molecular complexity index is 514. The van der Waals surface area contributed by atoms with Crippen LogP contribution in [0.25, 0.3) is 11.0 Å². The summed E-state index contributed by atoms with van der Waals surface area (Å²) in [6, 6.07) is 5.01. The zero-order chi connectivity index (χ0) is 11.9. The molecule has 0 spiro atoms. The molecule has 1 heterocycles. The molecule has 1 aromatic carbocycles. The molecular weight excluding hydrogens is 205 g/mol. The van der Waals surface area contributed by atoms with Crippen molar-refractivity contribution in [2.45, 2.75) is 32.9 Å². The van der Waals surface area contributed by atoms with Gasteiger partial charge < -0.3 is 10.3 Å². The quantitative estimate of drug-likeness (QED) is 0.847. The van der Waals surface area contributed by atoms with Crippen molar-refractivity contribution in [2.75, 3.05) is 0 Å². The van der Waals surface area contributed by atoms with Crippen molar-refractivity contribution in [2.24, 2.45) is 5.73 Å². The van der Waals surface area contributed by atoms with Gasteiger partial charge in [-0.2, -0.15) is 0 Å². The zero-order valence-electron chi connectivity index (χ0n) is 9.74. The first-order valence-electron chi connectivity index (χ1n) is 5.44. The Morgan fingerprint density at radius 2 is 2.00 bits per heavy atom. The summed E-state index contributed by atoms with van der Waals surface area (Å²) in [6.07, 6.45) is 0. The Labute approximate surface area is 94.1 Å². The van der Waals surface area contributed by atoms with E-state index >= 15 is 0 Å². The third-order valence-electron chi connectivity index (χ3n) is 2.62. The van der Waals surface area contributed by atoms with E-state index in [1.54, 1.807) is 6.07 Å². The number of nitrogens with two attached hydrogens (primary N) is 1. The number of benzene rings is 1. The van der Waals surface area contributed by atoms with Crippen LogP contribution < -0.4 is 5.73 Å². The number of fused-ring (bicyclic) bond motifs is 1. The maximum Gasteiger partial charge on any atom is 0.151 e. The average Bonchev–Trinajstić information content (AvgIpc) is 2.58. The second-order valence-corrected chi connectivity index (χ2v) is 4.33. The molecule has 1 aromatic heterocycles. The summed E-state index contributed by atoms with van der Waals surface area (Å²) in [6.45, 7) is 5.94. The molecule has 1 atom stereocenters. The third kappa shape index (κ3) is 1.59. The minimum atomic E-state index is -0.293. The van der Waals surface area contributed by atoms with Crippen LogP contribution in [0.2, 0.25) is 0 Å². The van der Waals surface area contributed by atoms with Crippen molar-refractivity contribution in [1.82, 2.24) is 9.55 Å². The van der Waals surface area contributed by atoms with Crippen LogP contribution in [0, 0.1) is 5.82 Å². The van der Waals surface area contributed by atoms with Gasteiger partial charge in [-0.25, -0.2) is 9.37 Å². The van der Waals surface area contributed by atoms with Crippen LogP contribution in [0.4, 0.5) is 4.39 Å². The van der Waals surface area contributed by atoms with Crippen LogP contribution in [-0.4, -0.2) is 9.55 Å². The molecule has 0 aliphatic heterocycles. The Kier molecular flexibility index (Phi) is 2.68. The van der Waals surface area contributed by atoms with Crippen LogP contribution in [0.3, 0.4) is 0 Å². The summed E-state index contributed by atoms with van der Waals surface area (Å²) in [5.41, 5.74) is 7.07. The molecule has 0 aliphatic carbocycles. The van der Waals surface area contributed by atoms with E-state index in [4.69, 9.17) is 5.73 Å². The minimum Gasteiger partial charge on any atom is -0.324 e. The average molecular weight is 221 g/mol. The van der Waals surface area contributed by atoms with Crippen LogP contribution in [-0.2, 0) is 0 Å². The number of para-hydroxylation sites is 1. The lowest BCUT2D eigenvalue weighted by molar-refractivity contribution is 0.558. The molecule has 0 aliphatic rings. The topological polar surface area (TPSA) is 43.8 Å². The molecule has 0 amide bonds. The van der Waals surface area contributed by atoms with Gasteiger partial charge in [0.15, 0.2) is 5.82 Å². The van der Waals surface area contributed by atoms with Gasteiger partial charge in [0.05, 0.1) is 11.6 Å². The number of imidazole rings is 1. The fraction of sp³-hybridized carbons (Fsp3) is 0.417. The van der Waals surface area contributed by atoms with Crippen molar-refractivity contribution in [3.05, 3.63) is 29.8 Å². The fourth-order valence-electron chi connectivity index (χ4n) is 1.96. The monoisotopic (exact) mass is 221 g/mol. The van der Waals surface area contributed by atoms with Gasteiger partial charge in [-0.3, -0.25) is 0 Å². The second kappa shape index (κ2) is 3.87. The second-order valence-electron chi connectivity index (χ2n) is 4.33. The SMILES string of the molecule is CC(N)c1nc2c(F)cccc2n1C(C)C. The minimum absolute atomic E-state index is 0.200. The third-order valence-corrected chi connectivity index (χ3v) is 2.62. The Hall–Kier alpha value is -1.42. The van der Waals surface area contributed by atoms with Gasteiger partial charge in [0.1, 0.15) is 11.3 Å². The van der Waals surface area contributed by atoms with Crippen molar-refractivity contribution < 1.29 is 4.39 Å². The number of rotatable bonds is 2. The van der Waals surface area contributed by atoms with E-state index in [1.807, 2.05) is 31.4 Å². The van der Waals surface area contributed by atoms with Crippen molar-refractivity contribution in [3.8, 4) is 0 Å². The van der Waals surface area contributed by atoms with Gasteiger partial charge in [0, 0.05) is 6.04 Å². The summed E-state index contributed by atoms with van der Waals surface area (Å²) in [4.78, 5) is 4.30. The smallest absolute Gasteiger partial charge is 0.151 e. The summed E-state index contributed by atoms with van der Waals surface area (Å²) in [5, 5.41) is 0. The highest BCUT2D eigenvalue weighted by atomic mass is 19.1. The van der Waals surface area contributed by atoms with Gasteiger partial charge in [0.2, 0.25) is 0 Å². The highest BCUT2D eigenvalue weighted by Crippen LogP contribution is 2.25. The van der Waals surface area contributed by atoms with Gasteiger partial charge in [-0.05, 0) is 32.9 Å². The van der Waals surface area contributed by atoms with E-state index in [2.05, 4.69) is 4.98 Å². The zero-order valence-corrected chi connectivity index (χ0v) is 9.74. The van der Waals surface area contributed by atoms with E-state index in [9.17, 15) is 4.39 Å². The lowest BCUT2D eigenvalue weighted by Crippen LogP contribution is -2.14. The molecule has 0 fully saturated rings. The number of hydrogen-bond acceptors (Lipinski definition) is 2. The van der Waals surface area contributed by atoms with Gasteiger partial charge in [0.25, 0.3) is 0 Å². The van der Waals surface area contributed by atoms with E-state index in [-0.39, 0.29) is 17.9 Å². The van der Waals surface area contributed by atoms with Gasteiger partial charge in [-0.1, -0.05) is 6.07 Å². The lowest BCUT2D eigenvalue weighted by atomic mass is 10.2. The molecule has 1 unspecified atom stereocenters. The molecule has 0 bridgehead atoms. The predicted octanol–water partition coefficient (Wildman–Crippen LogP) is 2.78. The molecule has 0 radical (unpaired) electrons. The van der Waals surface area contributed by atoms with E-state index in [0.29, 0.717) is 5.52 Å². The molecule has 3 nitrogen and oxygen atoms in total. The maximum atomic E-state index is 13.6. The van der Waals surface area contributed by atoms with Crippen molar-refractivity contribution in [3.63, 3.8) is 0 Å². The van der Waals surface area contributed by atoms with E-state index < -0.39 is 0 Å². The highest BCUT2D eigenvalue weighted by Gasteiger charge is 2.17. The normalized spacial score (nSPS) is 13.6. The molecular formula is C12H16FN3. The number of nitrogens with zero attached hydrogens (tertiary/aromatic N) is 2. The standard InChI is InChI=1S/C12H16FN3/c1-7(2)16-10-6-4-5-9(13)11(10)15-12(16)8(3)14/h4-8H,14H2,1-3H3. The predicted molar refractivity (Wildman–Crippen MR) is 62.7 cm³/mol. The fourth-order valence-corrected chi connectivity index (χ4v) is 1.96. The Morgan fingerprint density at radius 1 is 1.31 bits per heavy atom. The molecule has 4 heteroatoms. The first-order chi connectivity index (χ1) is 7.52. The Morgan fingerprint density at radius 3 is 2.56 bits per heavy atom. The lowest BCUT2D eigenvalue weighted by Gasteiger charge is -2.14. The first-order valence-corrected chi connectivity index (χ1v) is 5.44. The van der Waals surface area contributed by atoms with Crippen LogP contribution in [0.1, 0.15) is 38.7 Å². The largest absolute Gasteiger partial charge is 0.324 e. The van der Waals surface area contributed by atoms with Crippen molar-refractivity contribution in [1.29, 1.82) is 0 Å².